The Balaban J connectivity index is 2.01. The predicted octanol–water partition coefficient (Wildman–Crippen LogP) is 6.66. The van der Waals surface area contributed by atoms with Gasteiger partial charge in [0.15, 0.2) is 0 Å². The number of benzene rings is 3. The molecule has 8 heteroatoms. The first-order valence-electron chi connectivity index (χ1n) is 10.3. The first-order valence-corrected chi connectivity index (χ1v) is 10.3. The van der Waals surface area contributed by atoms with Gasteiger partial charge < -0.3 is 10.0 Å². The van der Waals surface area contributed by atoms with E-state index in [1.165, 1.54) is 18.2 Å². The average molecular weight is 467 g/mol. The summed E-state index contributed by atoms with van der Waals surface area (Å²) in [5.74, 6) is 0. The lowest BCUT2D eigenvalue weighted by Crippen LogP contribution is -2.54. The molecule has 3 rings (SSSR count). The number of aliphatic hydroxyl groups is 1. The lowest BCUT2D eigenvalue weighted by Gasteiger charge is -2.38. The van der Waals surface area contributed by atoms with Crippen LogP contribution in [0.5, 0.6) is 0 Å². The standard InChI is InChI=1S/C25H23F6NO/c1-2-32(17-22(33)18-9-5-3-6-10-18)21-15-13-20(14-16-21)23(24(26,27)28,25(29,30)31)19-11-7-4-8-12-19/h3-16,22,33H,2,17H2,1H3/t22-/m1/s1. The molecule has 0 aromatic heterocycles. The number of alkyl halides is 6. The van der Waals surface area contributed by atoms with Crippen molar-refractivity contribution in [2.75, 3.05) is 18.0 Å². The van der Waals surface area contributed by atoms with Crippen molar-refractivity contribution in [2.45, 2.75) is 30.8 Å². The third-order valence-electron chi connectivity index (χ3n) is 5.68. The van der Waals surface area contributed by atoms with Crippen molar-refractivity contribution in [2.24, 2.45) is 0 Å². The monoisotopic (exact) mass is 467 g/mol. The number of nitrogens with zero attached hydrogens (tertiary/aromatic N) is 1. The van der Waals surface area contributed by atoms with Gasteiger partial charge in [-0.25, -0.2) is 0 Å². The normalized spacial score (nSPS) is 13.6. The predicted molar refractivity (Wildman–Crippen MR) is 115 cm³/mol. The minimum Gasteiger partial charge on any atom is -0.387 e. The molecule has 0 saturated carbocycles. The maximum atomic E-state index is 14.2. The Morgan fingerprint density at radius 3 is 1.61 bits per heavy atom. The second kappa shape index (κ2) is 9.47. The molecule has 1 N–H and O–H groups in total. The van der Waals surface area contributed by atoms with E-state index in [4.69, 9.17) is 0 Å². The van der Waals surface area contributed by atoms with E-state index < -0.39 is 35.0 Å². The summed E-state index contributed by atoms with van der Waals surface area (Å²) in [6.45, 7) is 2.30. The molecular formula is C25H23F6NO. The fourth-order valence-electron chi connectivity index (χ4n) is 4.00. The summed E-state index contributed by atoms with van der Waals surface area (Å²) in [5.41, 5.74) is -4.92. The molecular weight excluding hydrogens is 444 g/mol. The third kappa shape index (κ3) is 4.71. The van der Waals surface area contributed by atoms with E-state index in [0.29, 0.717) is 17.8 Å². The molecule has 2 nitrogen and oxygen atoms in total. The van der Waals surface area contributed by atoms with Gasteiger partial charge in [0.25, 0.3) is 0 Å². The molecule has 0 unspecified atom stereocenters. The summed E-state index contributed by atoms with van der Waals surface area (Å²) in [6, 6.07) is 18.3. The molecule has 0 fully saturated rings. The Morgan fingerprint density at radius 1 is 0.697 bits per heavy atom. The van der Waals surface area contributed by atoms with Crippen molar-refractivity contribution in [1.29, 1.82) is 0 Å². The summed E-state index contributed by atoms with van der Waals surface area (Å²) in [7, 11) is 0. The van der Waals surface area contributed by atoms with Crippen LogP contribution >= 0.6 is 0 Å². The maximum Gasteiger partial charge on any atom is 0.411 e. The molecule has 0 aliphatic rings. The van der Waals surface area contributed by atoms with Gasteiger partial charge in [-0.3, -0.25) is 0 Å². The van der Waals surface area contributed by atoms with E-state index in [-0.39, 0.29) is 6.54 Å². The first kappa shape index (κ1) is 24.6. The van der Waals surface area contributed by atoms with Crippen molar-refractivity contribution >= 4 is 5.69 Å². The van der Waals surface area contributed by atoms with Gasteiger partial charge in [-0.15, -0.1) is 0 Å². The maximum absolute atomic E-state index is 14.2. The summed E-state index contributed by atoms with van der Waals surface area (Å²) < 4.78 is 85.0. The molecule has 0 amide bonds. The number of hydrogen-bond donors (Lipinski definition) is 1. The van der Waals surface area contributed by atoms with Gasteiger partial charge in [-0.2, -0.15) is 26.3 Å². The van der Waals surface area contributed by atoms with Crippen LogP contribution in [0.25, 0.3) is 0 Å². The van der Waals surface area contributed by atoms with Crippen LogP contribution in [0.1, 0.15) is 29.7 Å². The zero-order chi connectivity index (χ0) is 24.3. The smallest absolute Gasteiger partial charge is 0.387 e. The van der Waals surface area contributed by atoms with Gasteiger partial charge in [-0.05, 0) is 35.7 Å². The lowest BCUT2D eigenvalue weighted by atomic mass is 9.73. The Bertz CT molecular complexity index is 1000. The molecule has 3 aromatic rings. The fraction of sp³-hybridized carbons (Fsp3) is 0.280. The van der Waals surface area contributed by atoms with Gasteiger partial charge in [0.05, 0.1) is 6.10 Å². The molecule has 1 atom stereocenters. The highest BCUT2D eigenvalue weighted by molar-refractivity contribution is 5.52. The SMILES string of the molecule is CCN(C[C@@H](O)c1ccccc1)c1ccc(C(c2ccccc2)(C(F)(F)F)C(F)(F)F)cc1. The number of anilines is 1. The third-order valence-corrected chi connectivity index (χ3v) is 5.68. The molecule has 0 saturated heterocycles. The molecule has 0 aliphatic heterocycles. The van der Waals surface area contributed by atoms with Crippen molar-refractivity contribution in [3.63, 3.8) is 0 Å². The molecule has 33 heavy (non-hydrogen) atoms. The molecule has 3 aromatic carbocycles. The Morgan fingerprint density at radius 2 is 1.15 bits per heavy atom. The summed E-state index contributed by atoms with van der Waals surface area (Å²) in [6.07, 6.45) is -12.1. The van der Waals surface area contributed by atoms with Crippen LogP contribution in [0.2, 0.25) is 0 Å². The quantitative estimate of drug-likeness (QED) is 0.393. The molecule has 0 spiro atoms. The van der Waals surface area contributed by atoms with Crippen LogP contribution in [-0.2, 0) is 5.41 Å². The number of aliphatic hydroxyl groups excluding tert-OH is 1. The molecule has 0 bridgehead atoms. The minimum atomic E-state index is -5.62. The van der Waals surface area contributed by atoms with Gasteiger partial charge in [0, 0.05) is 18.8 Å². The van der Waals surface area contributed by atoms with Crippen molar-refractivity contribution in [3.05, 3.63) is 102 Å². The minimum absolute atomic E-state index is 0.127. The second-order valence-electron chi connectivity index (χ2n) is 7.62. The largest absolute Gasteiger partial charge is 0.411 e. The highest BCUT2D eigenvalue weighted by atomic mass is 19.4. The van der Waals surface area contributed by atoms with Gasteiger partial charge >= 0.3 is 12.4 Å². The molecule has 176 valence electrons. The van der Waals surface area contributed by atoms with Crippen molar-refractivity contribution in [1.82, 2.24) is 0 Å². The summed E-state index contributed by atoms with van der Waals surface area (Å²) in [4.78, 5) is 1.69. The topological polar surface area (TPSA) is 23.5 Å². The van der Waals surface area contributed by atoms with E-state index in [9.17, 15) is 31.4 Å². The molecule has 0 radical (unpaired) electrons. The van der Waals surface area contributed by atoms with Crippen molar-refractivity contribution in [3.8, 4) is 0 Å². The first-order chi connectivity index (χ1) is 15.5. The Kier molecular flexibility index (Phi) is 7.07. The van der Waals surface area contributed by atoms with Gasteiger partial charge in [0.2, 0.25) is 5.41 Å². The highest BCUT2D eigenvalue weighted by Crippen LogP contribution is 2.56. The summed E-state index contributed by atoms with van der Waals surface area (Å²) in [5, 5.41) is 10.5. The molecule has 0 aliphatic carbocycles. The fourth-order valence-corrected chi connectivity index (χ4v) is 4.00. The number of likely N-dealkylation sites (N-methyl/N-ethyl adjacent to an activating group) is 1. The second-order valence-corrected chi connectivity index (χ2v) is 7.62. The van der Waals surface area contributed by atoms with Crippen LogP contribution in [0.4, 0.5) is 32.0 Å². The van der Waals surface area contributed by atoms with E-state index in [0.717, 1.165) is 36.4 Å². The van der Waals surface area contributed by atoms with Gasteiger partial charge in [0.1, 0.15) is 0 Å². The number of hydrogen-bond acceptors (Lipinski definition) is 2. The summed E-state index contributed by atoms with van der Waals surface area (Å²) >= 11 is 0. The number of rotatable bonds is 7. The Hall–Kier alpha value is -3.00. The van der Waals surface area contributed by atoms with Crippen LogP contribution in [0.15, 0.2) is 84.9 Å². The van der Waals surface area contributed by atoms with E-state index in [1.807, 2.05) is 0 Å². The van der Waals surface area contributed by atoms with Crippen molar-refractivity contribution < 1.29 is 31.4 Å². The Labute approximate surface area is 188 Å². The van der Waals surface area contributed by atoms with Gasteiger partial charge in [-0.1, -0.05) is 72.8 Å². The van der Waals surface area contributed by atoms with Crippen LogP contribution in [0, 0.1) is 0 Å². The average Bonchev–Trinajstić information content (AvgIpc) is 2.78. The molecule has 0 heterocycles. The van der Waals surface area contributed by atoms with E-state index in [2.05, 4.69) is 0 Å². The zero-order valence-electron chi connectivity index (χ0n) is 17.7. The van der Waals surface area contributed by atoms with E-state index in [1.54, 1.807) is 42.2 Å². The van der Waals surface area contributed by atoms with Crippen LogP contribution in [-0.4, -0.2) is 30.5 Å². The zero-order valence-corrected chi connectivity index (χ0v) is 17.7. The highest BCUT2D eigenvalue weighted by Gasteiger charge is 2.72. The lowest BCUT2D eigenvalue weighted by molar-refractivity contribution is -0.288. The number of halogens is 6. The van der Waals surface area contributed by atoms with Crippen LogP contribution in [0.3, 0.4) is 0 Å². The van der Waals surface area contributed by atoms with E-state index >= 15 is 0 Å². The van der Waals surface area contributed by atoms with Crippen LogP contribution < -0.4 is 4.90 Å².